The van der Waals surface area contributed by atoms with Gasteiger partial charge in [-0.3, -0.25) is 0 Å². The summed E-state index contributed by atoms with van der Waals surface area (Å²) in [7, 11) is 0. The molecular weight excluding hydrogens is 709 g/mol. The van der Waals surface area contributed by atoms with Crippen molar-refractivity contribution in [2.75, 3.05) is 0 Å². The van der Waals surface area contributed by atoms with Gasteiger partial charge in [0, 0.05) is 11.8 Å². The third kappa shape index (κ3) is 5.97. The van der Waals surface area contributed by atoms with Crippen LogP contribution in [0.4, 0.5) is 0 Å². The van der Waals surface area contributed by atoms with Gasteiger partial charge >= 0.3 is 0 Å². The molecule has 9 aromatic rings. The summed E-state index contributed by atoms with van der Waals surface area (Å²) in [6.07, 6.45) is 23.1. The number of aryl methyl sites for hydroxylation is 1. The van der Waals surface area contributed by atoms with Crippen LogP contribution in [0.2, 0.25) is 0 Å². The SMILES string of the molecule is C/C=C(\C=C\CCc1c2ccccc2c(-c2cccc(C3C=CC=C4CCC=CC43)c2)c2ccccc12)c1cc2c3ccccc3c3ccccc3c2c2ccccc12. The van der Waals surface area contributed by atoms with E-state index in [1.165, 1.54) is 104 Å². The summed E-state index contributed by atoms with van der Waals surface area (Å²) in [4.78, 5) is 0. The van der Waals surface area contributed by atoms with Crippen LogP contribution in [0.3, 0.4) is 0 Å². The maximum atomic E-state index is 2.47. The van der Waals surface area contributed by atoms with Crippen LogP contribution in [-0.4, -0.2) is 0 Å². The number of fused-ring (bicyclic) bond motifs is 11. The Morgan fingerprint density at radius 1 is 0.559 bits per heavy atom. The minimum Gasteiger partial charge on any atom is -0.0876 e. The predicted octanol–water partition coefficient (Wildman–Crippen LogP) is 16.4. The first-order chi connectivity index (χ1) is 29.3. The smallest absolute Gasteiger partial charge is 0.0122 e. The third-order valence-electron chi connectivity index (χ3n) is 13.2. The molecule has 11 rings (SSSR count). The Labute approximate surface area is 346 Å². The van der Waals surface area contributed by atoms with Gasteiger partial charge in [-0.2, -0.15) is 0 Å². The van der Waals surface area contributed by atoms with E-state index in [9.17, 15) is 0 Å². The molecule has 0 N–H and O–H groups in total. The number of hydrogen-bond donors (Lipinski definition) is 0. The van der Waals surface area contributed by atoms with Crippen LogP contribution in [0.1, 0.15) is 48.8 Å². The molecule has 2 aliphatic rings. The zero-order chi connectivity index (χ0) is 39.3. The van der Waals surface area contributed by atoms with Crippen molar-refractivity contribution < 1.29 is 0 Å². The van der Waals surface area contributed by atoms with Gasteiger partial charge in [-0.1, -0.05) is 200 Å². The molecule has 0 saturated heterocycles. The van der Waals surface area contributed by atoms with Gasteiger partial charge in [-0.25, -0.2) is 0 Å². The van der Waals surface area contributed by atoms with Crippen molar-refractivity contribution in [3.63, 3.8) is 0 Å². The summed E-state index contributed by atoms with van der Waals surface area (Å²) < 4.78 is 0. The van der Waals surface area contributed by atoms with Gasteiger partial charge in [-0.15, -0.1) is 0 Å². The fourth-order valence-corrected chi connectivity index (χ4v) is 10.6. The lowest BCUT2D eigenvalue weighted by Crippen LogP contribution is -2.16. The Kier molecular flexibility index (Phi) is 8.93. The lowest BCUT2D eigenvalue weighted by atomic mass is 9.74. The Morgan fingerprint density at radius 2 is 1.15 bits per heavy atom. The van der Waals surface area contributed by atoms with Gasteiger partial charge in [0.15, 0.2) is 0 Å². The number of allylic oxidation sites excluding steroid dienone is 10. The zero-order valence-corrected chi connectivity index (χ0v) is 33.5. The Morgan fingerprint density at radius 3 is 1.85 bits per heavy atom. The number of benzene rings is 9. The van der Waals surface area contributed by atoms with Gasteiger partial charge in [0.05, 0.1) is 0 Å². The molecule has 9 aromatic carbocycles. The van der Waals surface area contributed by atoms with Gasteiger partial charge in [-0.05, 0) is 137 Å². The van der Waals surface area contributed by atoms with E-state index >= 15 is 0 Å². The average molecular weight is 755 g/mol. The fraction of sp³-hybridized carbons (Fsp3) is 0.119. The van der Waals surface area contributed by atoms with E-state index in [1.54, 1.807) is 5.57 Å². The van der Waals surface area contributed by atoms with Crippen molar-refractivity contribution in [1.82, 2.24) is 0 Å². The van der Waals surface area contributed by atoms with E-state index < -0.39 is 0 Å². The maximum absolute atomic E-state index is 2.47. The molecule has 0 aromatic heterocycles. The van der Waals surface area contributed by atoms with E-state index in [2.05, 4.69) is 207 Å². The standard InChI is InChI=1S/C59H46/c1-2-39(56-38-57-50-30-8-7-26-46(50)49-29-11-15-34-54(49)59(57)55-35-16-12-31-51(55)56)19-3-6-25-45-47-27-9-13-32-52(47)58(53-33-14-10-28-48(45)53)42-23-17-22-41(37-42)44-36-18-21-40-20-4-5-24-43(40)44/h2-3,5,7-19,21-24,26-38,43-44H,4,6,20,25H2,1H3/b19-3+,39-2+. The van der Waals surface area contributed by atoms with Gasteiger partial charge in [0.2, 0.25) is 0 Å². The van der Waals surface area contributed by atoms with Crippen molar-refractivity contribution >= 4 is 70.2 Å². The lowest BCUT2D eigenvalue weighted by molar-refractivity contribution is 0.611. The van der Waals surface area contributed by atoms with E-state index in [1.807, 2.05) is 0 Å². The highest BCUT2D eigenvalue weighted by molar-refractivity contribution is 6.32. The highest BCUT2D eigenvalue weighted by Crippen LogP contribution is 2.45. The Bertz CT molecular complexity index is 3230. The van der Waals surface area contributed by atoms with Crippen molar-refractivity contribution in [3.05, 3.63) is 223 Å². The summed E-state index contributed by atoms with van der Waals surface area (Å²) in [5.74, 6) is 0.820. The monoisotopic (exact) mass is 754 g/mol. The van der Waals surface area contributed by atoms with Crippen LogP contribution >= 0.6 is 0 Å². The molecule has 0 heteroatoms. The number of hydrogen-bond acceptors (Lipinski definition) is 0. The maximum Gasteiger partial charge on any atom is 0.0122 e. The summed E-state index contributed by atoms with van der Waals surface area (Å²) >= 11 is 0. The van der Waals surface area contributed by atoms with Crippen molar-refractivity contribution in [3.8, 4) is 11.1 Å². The molecule has 2 atom stereocenters. The average Bonchev–Trinajstić information content (AvgIpc) is 3.31. The van der Waals surface area contributed by atoms with Crippen molar-refractivity contribution in [2.45, 2.75) is 38.5 Å². The highest BCUT2D eigenvalue weighted by atomic mass is 14.3. The second-order valence-electron chi connectivity index (χ2n) is 16.4. The molecule has 0 fully saturated rings. The number of rotatable bonds is 7. The van der Waals surface area contributed by atoms with E-state index in [4.69, 9.17) is 0 Å². The summed E-state index contributed by atoms with van der Waals surface area (Å²) in [6, 6.07) is 56.8. The molecule has 0 heterocycles. The normalized spacial score (nSPS) is 16.9. The topological polar surface area (TPSA) is 0 Å². The van der Waals surface area contributed by atoms with E-state index in [0.29, 0.717) is 11.8 Å². The molecule has 0 aliphatic heterocycles. The second-order valence-corrected chi connectivity index (χ2v) is 16.4. The van der Waals surface area contributed by atoms with Crippen LogP contribution in [0.15, 0.2) is 206 Å². The second kappa shape index (κ2) is 14.9. The first-order valence-electron chi connectivity index (χ1n) is 21.4. The quantitative estimate of drug-likeness (QED) is 0.0658. The van der Waals surface area contributed by atoms with Crippen LogP contribution in [0.5, 0.6) is 0 Å². The van der Waals surface area contributed by atoms with Crippen molar-refractivity contribution in [1.29, 1.82) is 0 Å². The van der Waals surface area contributed by atoms with Gasteiger partial charge < -0.3 is 0 Å². The first-order valence-corrected chi connectivity index (χ1v) is 21.4. The molecule has 0 bridgehead atoms. The summed E-state index contributed by atoms with van der Waals surface area (Å²) in [5, 5.41) is 15.8. The highest BCUT2D eigenvalue weighted by Gasteiger charge is 2.26. The van der Waals surface area contributed by atoms with Crippen LogP contribution in [0, 0.1) is 5.92 Å². The van der Waals surface area contributed by atoms with E-state index in [-0.39, 0.29) is 0 Å². The van der Waals surface area contributed by atoms with Crippen LogP contribution in [0.25, 0.3) is 81.3 Å². The van der Waals surface area contributed by atoms with Crippen molar-refractivity contribution in [2.24, 2.45) is 5.92 Å². The molecule has 2 unspecified atom stereocenters. The van der Waals surface area contributed by atoms with Crippen LogP contribution in [-0.2, 0) is 6.42 Å². The lowest BCUT2D eigenvalue weighted by Gasteiger charge is -2.30. The van der Waals surface area contributed by atoms with Crippen LogP contribution < -0.4 is 0 Å². The molecule has 2 aliphatic carbocycles. The largest absolute Gasteiger partial charge is 0.0876 e. The molecule has 0 amide bonds. The molecule has 0 spiro atoms. The van der Waals surface area contributed by atoms with E-state index in [0.717, 1.165) is 19.3 Å². The zero-order valence-electron chi connectivity index (χ0n) is 33.5. The Balaban J connectivity index is 0.968. The first kappa shape index (κ1) is 35.4. The Hall–Kier alpha value is -6.76. The molecule has 0 saturated carbocycles. The molecule has 0 radical (unpaired) electrons. The minimum absolute atomic E-state index is 0.365. The molecule has 59 heavy (non-hydrogen) atoms. The van der Waals surface area contributed by atoms with Gasteiger partial charge in [0.25, 0.3) is 0 Å². The molecule has 0 nitrogen and oxygen atoms in total. The summed E-state index contributed by atoms with van der Waals surface area (Å²) in [5.41, 5.74) is 9.56. The molecular formula is C59H46. The summed E-state index contributed by atoms with van der Waals surface area (Å²) in [6.45, 7) is 2.18. The molecule has 282 valence electrons. The fourth-order valence-electron chi connectivity index (χ4n) is 10.6. The third-order valence-corrected chi connectivity index (χ3v) is 13.2. The predicted molar refractivity (Wildman–Crippen MR) is 256 cm³/mol. The minimum atomic E-state index is 0.365. The van der Waals surface area contributed by atoms with Gasteiger partial charge in [0.1, 0.15) is 0 Å².